The second-order valence-corrected chi connectivity index (χ2v) is 6.26. The van der Waals surface area contributed by atoms with Gasteiger partial charge in [-0.1, -0.05) is 11.6 Å². The maximum Gasteiger partial charge on any atom is 0.269 e. The molecule has 1 fully saturated rings. The predicted octanol–water partition coefficient (Wildman–Crippen LogP) is 1.81. The van der Waals surface area contributed by atoms with E-state index < -0.39 is 15.7 Å². The number of rotatable bonds is 3. The van der Waals surface area contributed by atoms with Crippen molar-refractivity contribution in [3.05, 3.63) is 38.9 Å². The van der Waals surface area contributed by atoms with Crippen LogP contribution in [0.25, 0.3) is 0 Å². The van der Waals surface area contributed by atoms with Crippen LogP contribution < -0.4 is 0 Å². The van der Waals surface area contributed by atoms with E-state index in [2.05, 4.69) is 4.90 Å². The molecule has 7 heteroatoms. The predicted molar refractivity (Wildman–Crippen MR) is 71.3 cm³/mol. The molecular weight excluding hydrogens is 276 g/mol. The van der Waals surface area contributed by atoms with Gasteiger partial charge in [0.15, 0.2) is 0 Å². The molecule has 0 saturated carbocycles. The molecule has 1 saturated heterocycles. The van der Waals surface area contributed by atoms with Crippen molar-refractivity contribution in [3.8, 4) is 0 Å². The minimum atomic E-state index is -0.719. The van der Waals surface area contributed by atoms with Gasteiger partial charge in [-0.05, 0) is 11.6 Å². The summed E-state index contributed by atoms with van der Waals surface area (Å²) in [6, 6.07) is 4.46. The Morgan fingerprint density at radius 2 is 2.06 bits per heavy atom. The van der Waals surface area contributed by atoms with Gasteiger partial charge in [0.05, 0.1) is 4.92 Å². The third kappa shape index (κ3) is 3.28. The van der Waals surface area contributed by atoms with Crippen molar-refractivity contribution >= 4 is 28.1 Å². The molecule has 1 aromatic rings. The van der Waals surface area contributed by atoms with Gasteiger partial charge < -0.3 is 0 Å². The maximum atomic E-state index is 11.2. The first kappa shape index (κ1) is 13.5. The van der Waals surface area contributed by atoms with Gasteiger partial charge in [0.25, 0.3) is 5.69 Å². The third-order valence-electron chi connectivity index (χ3n) is 2.90. The fourth-order valence-corrected chi connectivity index (χ4v) is 3.18. The van der Waals surface area contributed by atoms with E-state index in [4.69, 9.17) is 11.6 Å². The van der Waals surface area contributed by atoms with Crippen molar-refractivity contribution in [3.63, 3.8) is 0 Å². The van der Waals surface area contributed by atoms with Crippen molar-refractivity contribution in [2.45, 2.75) is 6.54 Å². The highest BCUT2D eigenvalue weighted by Gasteiger charge is 2.17. The molecule has 0 aromatic heterocycles. The lowest BCUT2D eigenvalue weighted by molar-refractivity contribution is -0.384. The van der Waals surface area contributed by atoms with Crippen LogP contribution in [0.2, 0.25) is 5.02 Å². The minimum Gasteiger partial charge on any atom is -0.297 e. The summed E-state index contributed by atoms with van der Waals surface area (Å²) in [7, 11) is -0.719. The molecule has 1 aliphatic rings. The number of nitrogens with zero attached hydrogens (tertiary/aromatic N) is 2. The van der Waals surface area contributed by atoms with Crippen LogP contribution in [0.15, 0.2) is 18.2 Å². The number of halogens is 1. The van der Waals surface area contributed by atoms with Crippen LogP contribution in [0, 0.1) is 10.1 Å². The van der Waals surface area contributed by atoms with E-state index in [1.165, 1.54) is 12.1 Å². The Balaban J connectivity index is 2.10. The molecule has 0 amide bonds. The number of nitro benzene ring substituents is 1. The highest BCUT2D eigenvalue weighted by Crippen LogP contribution is 2.23. The molecule has 18 heavy (non-hydrogen) atoms. The van der Waals surface area contributed by atoms with E-state index in [0.717, 1.165) is 18.7 Å². The Morgan fingerprint density at radius 1 is 1.39 bits per heavy atom. The number of non-ortho nitro benzene ring substituents is 1. The number of hydrogen-bond acceptors (Lipinski definition) is 4. The Bertz CT molecular complexity index is 485. The summed E-state index contributed by atoms with van der Waals surface area (Å²) < 4.78 is 11.2. The highest BCUT2D eigenvalue weighted by atomic mass is 35.5. The van der Waals surface area contributed by atoms with E-state index in [0.29, 0.717) is 23.1 Å². The Labute approximate surface area is 112 Å². The van der Waals surface area contributed by atoms with E-state index in [1.807, 2.05) is 0 Å². The molecule has 5 nitrogen and oxygen atoms in total. The van der Waals surface area contributed by atoms with Gasteiger partial charge in [-0.3, -0.25) is 19.2 Å². The lowest BCUT2D eigenvalue weighted by atomic mass is 10.2. The zero-order valence-electron chi connectivity index (χ0n) is 9.67. The van der Waals surface area contributed by atoms with Gasteiger partial charge in [0.1, 0.15) is 0 Å². The monoisotopic (exact) mass is 288 g/mol. The van der Waals surface area contributed by atoms with Gasteiger partial charge >= 0.3 is 0 Å². The Hall–Kier alpha value is -0.980. The molecule has 0 N–H and O–H groups in total. The van der Waals surface area contributed by atoms with Gasteiger partial charge in [-0.2, -0.15) is 0 Å². The van der Waals surface area contributed by atoms with Gasteiger partial charge in [0.2, 0.25) is 0 Å². The second kappa shape index (κ2) is 5.77. The van der Waals surface area contributed by atoms with Crippen LogP contribution in [0.5, 0.6) is 0 Å². The van der Waals surface area contributed by atoms with Gasteiger partial charge in [0, 0.05) is 59.1 Å². The first-order valence-electron chi connectivity index (χ1n) is 5.56. The summed E-state index contributed by atoms with van der Waals surface area (Å²) in [4.78, 5) is 12.4. The molecule has 1 aromatic carbocycles. The molecular formula is C11H13ClN2O3S. The van der Waals surface area contributed by atoms with Crippen LogP contribution in [0.3, 0.4) is 0 Å². The smallest absolute Gasteiger partial charge is 0.269 e. The molecule has 98 valence electrons. The zero-order chi connectivity index (χ0) is 13.1. The first-order chi connectivity index (χ1) is 8.56. The van der Waals surface area contributed by atoms with Crippen molar-refractivity contribution < 1.29 is 9.13 Å². The maximum absolute atomic E-state index is 11.2. The van der Waals surface area contributed by atoms with E-state index in [9.17, 15) is 14.3 Å². The normalized spacial score (nSPS) is 17.8. The van der Waals surface area contributed by atoms with Crippen LogP contribution in [-0.2, 0) is 17.3 Å². The van der Waals surface area contributed by atoms with Crippen LogP contribution in [-0.4, -0.2) is 38.6 Å². The summed E-state index contributed by atoms with van der Waals surface area (Å²) in [5.74, 6) is 1.32. The molecule has 1 aliphatic heterocycles. The highest BCUT2D eigenvalue weighted by molar-refractivity contribution is 7.85. The fourth-order valence-electron chi connectivity index (χ4n) is 1.87. The lowest BCUT2D eigenvalue weighted by Gasteiger charge is -2.26. The summed E-state index contributed by atoms with van der Waals surface area (Å²) in [6.45, 7) is 2.05. The SMILES string of the molecule is O=[N+]([O-])c1ccc(Cl)c(CN2CCS(=O)CC2)c1. The average molecular weight is 289 g/mol. The molecule has 0 radical (unpaired) electrons. The van der Waals surface area contributed by atoms with E-state index >= 15 is 0 Å². The number of nitro groups is 1. The van der Waals surface area contributed by atoms with Crippen molar-refractivity contribution in [1.82, 2.24) is 4.90 Å². The summed E-state index contributed by atoms with van der Waals surface area (Å²) >= 11 is 6.04. The standard InChI is InChI=1S/C11H13ClN2O3S/c12-11-2-1-10(14(15)16)7-9(11)8-13-3-5-18(17)6-4-13/h1-2,7H,3-6,8H2. The first-order valence-corrected chi connectivity index (χ1v) is 7.43. The zero-order valence-corrected chi connectivity index (χ0v) is 11.2. The topological polar surface area (TPSA) is 63.5 Å². The molecule has 2 rings (SSSR count). The van der Waals surface area contributed by atoms with Crippen molar-refractivity contribution in [2.75, 3.05) is 24.6 Å². The fraction of sp³-hybridized carbons (Fsp3) is 0.455. The molecule has 0 spiro atoms. The Kier molecular flexibility index (Phi) is 4.31. The van der Waals surface area contributed by atoms with E-state index in [-0.39, 0.29) is 5.69 Å². The molecule has 0 unspecified atom stereocenters. The van der Waals surface area contributed by atoms with Crippen LogP contribution in [0.1, 0.15) is 5.56 Å². The lowest BCUT2D eigenvalue weighted by Crippen LogP contribution is -2.37. The third-order valence-corrected chi connectivity index (χ3v) is 4.55. The average Bonchev–Trinajstić information content (AvgIpc) is 2.34. The second-order valence-electron chi connectivity index (χ2n) is 4.16. The van der Waals surface area contributed by atoms with Crippen molar-refractivity contribution in [1.29, 1.82) is 0 Å². The molecule has 1 heterocycles. The minimum absolute atomic E-state index is 0.0509. The van der Waals surface area contributed by atoms with Crippen LogP contribution in [0.4, 0.5) is 5.69 Å². The number of benzene rings is 1. The Morgan fingerprint density at radius 3 is 2.67 bits per heavy atom. The quantitative estimate of drug-likeness (QED) is 0.628. The van der Waals surface area contributed by atoms with E-state index in [1.54, 1.807) is 6.07 Å². The summed E-state index contributed by atoms with van der Waals surface area (Å²) in [6.07, 6.45) is 0. The van der Waals surface area contributed by atoms with Gasteiger partial charge in [-0.15, -0.1) is 0 Å². The van der Waals surface area contributed by atoms with Crippen LogP contribution >= 0.6 is 11.6 Å². The molecule has 0 atom stereocenters. The summed E-state index contributed by atoms with van der Waals surface area (Å²) in [5.41, 5.74) is 0.800. The molecule has 0 aliphatic carbocycles. The largest absolute Gasteiger partial charge is 0.297 e. The number of hydrogen-bond donors (Lipinski definition) is 0. The van der Waals surface area contributed by atoms with Crippen molar-refractivity contribution in [2.24, 2.45) is 0 Å². The molecule has 0 bridgehead atoms. The summed E-state index contributed by atoms with van der Waals surface area (Å²) in [5, 5.41) is 11.2. The van der Waals surface area contributed by atoms with Gasteiger partial charge in [-0.25, -0.2) is 0 Å².